The molecule has 0 aromatic heterocycles. The Morgan fingerprint density at radius 3 is 2.54 bits per heavy atom. The summed E-state index contributed by atoms with van der Waals surface area (Å²) in [6.07, 6.45) is 17.9. The van der Waals surface area contributed by atoms with E-state index in [-0.39, 0.29) is 42.9 Å². The number of carbonyl (C=O) groups is 2. The van der Waals surface area contributed by atoms with Gasteiger partial charge in [0.25, 0.3) is 11.8 Å². The molecule has 1 fully saturated rings. The van der Waals surface area contributed by atoms with Crippen molar-refractivity contribution in [2.24, 2.45) is 17.8 Å². The molecule has 1 heterocycles. The lowest BCUT2D eigenvalue weighted by atomic mass is 9.69. The molecule has 0 bridgehead atoms. The highest BCUT2D eigenvalue weighted by molar-refractivity contribution is 6.16. The number of allylic oxidation sites excluding steroid dienone is 8. The molecule has 39 heavy (non-hydrogen) atoms. The van der Waals surface area contributed by atoms with Gasteiger partial charge in [-0.15, -0.1) is 0 Å². The normalized spacial score (nSPS) is 24.1. The first-order valence-corrected chi connectivity index (χ1v) is 14.7. The van der Waals surface area contributed by atoms with Crippen molar-refractivity contribution in [1.82, 2.24) is 9.80 Å². The molecule has 0 aromatic carbocycles. The number of piperidine rings is 1. The van der Waals surface area contributed by atoms with Gasteiger partial charge in [0, 0.05) is 36.3 Å². The second-order valence-corrected chi connectivity index (χ2v) is 11.3. The van der Waals surface area contributed by atoms with E-state index >= 15 is 0 Å². The summed E-state index contributed by atoms with van der Waals surface area (Å²) in [7, 11) is 0. The van der Waals surface area contributed by atoms with E-state index < -0.39 is 6.04 Å². The number of hydrogen-bond acceptors (Lipinski definition) is 5. The van der Waals surface area contributed by atoms with Crippen molar-refractivity contribution in [3.63, 3.8) is 0 Å². The third-order valence-corrected chi connectivity index (χ3v) is 8.68. The van der Waals surface area contributed by atoms with Crippen molar-refractivity contribution in [2.45, 2.75) is 79.3 Å². The Labute approximate surface area is 235 Å². The zero-order chi connectivity index (χ0) is 28.7. The van der Waals surface area contributed by atoms with E-state index in [0.717, 1.165) is 37.9 Å². The number of nitrogens with zero attached hydrogens (tertiary/aromatic N) is 2. The fraction of sp³-hybridized carbons (Fsp3) is 0.576. The van der Waals surface area contributed by atoms with Crippen molar-refractivity contribution in [3.8, 4) is 0 Å². The number of amides is 2. The molecule has 1 saturated heterocycles. The summed E-state index contributed by atoms with van der Waals surface area (Å²) < 4.78 is 0. The van der Waals surface area contributed by atoms with Gasteiger partial charge in [-0.2, -0.15) is 0 Å². The molecule has 5 atom stereocenters. The van der Waals surface area contributed by atoms with E-state index in [1.807, 2.05) is 26.0 Å². The van der Waals surface area contributed by atoms with Gasteiger partial charge in [0.05, 0.1) is 12.6 Å². The van der Waals surface area contributed by atoms with Crippen LogP contribution >= 0.6 is 0 Å². The first-order chi connectivity index (χ1) is 18.7. The molecule has 6 nitrogen and oxygen atoms in total. The van der Waals surface area contributed by atoms with Gasteiger partial charge in [0.1, 0.15) is 0 Å². The van der Waals surface area contributed by atoms with Crippen LogP contribution in [0.1, 0.15) is 67.2 Å². The number of aliphatic hydroxyl groups excluding tert-OH is 2. The van der Waals surface area contributed by atoms with Gasteiger partial charge >= 0.3 is 0 Å². The Balaban J connectivity index is 1.88. The van der Waals surface area contributed by atoms with Crippen LogP contribution < -0.4 is 0 Å². The standard InChI is InChI=1S/C33H48N2O4/c1-7-25(19-22(4)17-18-36)14-13-24(6)34(9-3)20-26-15-16-29-31-28(26)12-10-11-23(5)30(31)33(39)35(32(29)38)27(8-2)21-37/h7,10-11,13-16,22,24,27-28,31,36-37H,8-9,12,17-21H2,1-6H3/b14-13-,25-7+. The summed E-state index contributed by atoms with van der Waals surface area (Å²) in [5.41, 5.74) is 4.79. The molecule has 0 saturated carbocycles. The Bertz CT molecular complexity index is 1090. The maximum atomic E-state index is 13.7. The van der Waals surface area contributed by atoms with Crippen molar-refractivity contribution < 1.29 is 19.8 Å². The van der Waals surface area contributed by atoms with Gasteiger partial charge in [-0.1, -0.05) is 74.4 Å². The van der Waals surface area contributed by atoms with Gasteiger partial charge < -0.3 is 10.2 Å². The number of likely N-dealkylation sites (N-methyl/N-ethyl adjacent to an activating group) is 1. The molecule has 1 aliphatic heterocycles. The fourth-order valence-corrected chi connectivity index (χ4v) is 6.16. The minimum atomic E-state index is -0.514. The Kier molecular flexibility index (Phi) is 11.3. The summed E-state index contributed by atoms with van der Waals surface area (Å²) in [6, 6.07) is -0.303. The molecule has 2 amide bonds. The molecule has 2 aliphatic carbocycles. The Hall–Kier alpha value is -2.54. The Morgan fingerprint density at radius 1 is 1.18 bits per heavy atom. The number of hydrogen-bond donors (Lipinski definition) is 2. The van der Waals surface area contributed by atoms with E-state index in [4.69, 9.17) is 0 Å². The minimum Gasteiger partial charge on any atom is -0.396 e. The number of likely N-dealkylation sites (tertiary alicyclic amines) is 1. The van der Waals surface area contributed by atoms with Crippen LogP contribution in [-0.4, -0.2) is 70.2 Å². The Morgan fingerprint density at radius 2 is 1.92 bits per heavy atom. The highest BCUT2D eigenvalue weighted by Crippen LogP contribution is 2.46. The lowest BCUT2D eigenvalue weighted by Crippen LogP contribution is -2.54. The molecule has 0 aromatic rings. The largest absolute Gasteiger partial charge is 0.396 e. The molecule has 3 rings (SSSR count). The topological polar surface area (TPSA) is 81.1 Å². The quantitative estimate of drug-likeness (QED) is 0.252. The number of carbonyl (C=O) groups excluding carboxylic acids is 2. The average molecular weight is 537 g/mol. The first-order valence-electron chi connectivity index (χ1n) is 14.7. The molecular weight excluding hydrogens is 488 g/mol. The van der Waals surface area contributed by atoms with Crippen molar-refractivity contribution in [1.29, 1.82) is 0 Å². The summed E-state index contributed by atoms with van der Waals surface area (Å²) in [4.78, 5) is 31.0. The molecule has 0 spiro atoms. The second-order valence-electron chi connectivity index (χ2n) is 11.3. The summed E-state index contributed by atoms with van der Waals surface area (Å²) >= 11 is 0. The van der Waals surface area contributed by atoms with E-state index in [2.05, 4.69) is 63.0 Å². The third-order valence-electron chi connectivity index (χ3n) is 8.68. The highest BCUT2D eigenvalue weighted by Gasteiger charge is 2.48. The van der Waals surface area contributed by atoms with Crippen LogP contribution in [0.3, 0.4) is 0 Å². The van der Waals surface area contributed by atoms with Gasteiger partial charge in [-0.3, -0.25) is 19.4 Å². The number of aliphatic hydroxyl groups is 2. The fourth-order valence-electron chi connectivity index (χ4n) is 6.16. The molecule has 6 heteroatoms. The summed E-state index contributed by atoms with van der Waals surface area (Å²) in [6.45, 7) is 14.1. The zero-order valence-electron chi connectivity index (χ0n) is 24.7. The molecule has 214 valence electrons. The van der Waals surface area contributed by atoms with E-state index in [0.29, 0.717) is 23.5 Å². The van der Waals surface area contributed by atoms with Crippen LogP contribution in [0.4, 0.5) is 0 Å². The number of rotatable bonds is 13. The molecular formula is C33H48N2O4. The maximum absolute atomic E-state index is 13.7. The van der Waals surface area contributed by atoms with Gasteiger partial charge in [0.15, 0.2) is 0 Å². The first kappa shape index (κ1) is 31.0. The number of imide groups is 1. The predicted molar refractivity (Wildman–Crippen MR) is 158 cm³/mol. The summed E-state index contributed by atoms with van der Waals surface area (Å²) in [5, 5.41) is 19.2. The molecule has 3 aliphatic rings. The van der Waals surface area contributed by atoms with Gasteiger partial charge in [-0.25, -0.2) is 0 Å². The van der Waals surface area contributed by atoms with Crippen LogP contribution in [-0.2, 0) is 9.59 Å². The van der Waals surface area contributed by atoms with Gasteiger partial charge in [-0.05, 0) is 70.4 Å². The zero-order valence-corrected chi connectivity index (χ0v) is 24.7. The highest BCUT2D eigenvalue weighted by atomic mass is 16.3. The van der Waals surface area contributed by atoms with Crippen molar-refractivity contribution in [2.75, 3.05) is 26.3 Å². The van der Waals surface area contributed by atoms with Crippen LogP contribution in [0, 0.1) is 17.8 Å². The third kappa shape index (κ3) is 6.79. The predicted octanol–water partition coefficient (Wildman–Crippen LogP) is 5.12. The van der Waals surface area contributed by atoms with E-state index in [1.165, 1.54) is 16.0 Å². The minimum absolute atomic E-state index is 0.0496. The average Bonchev–Trinajstić information content (AvgIpc) is 3.10. The lowest BCUT2D eigenvalue weighted by molar-refractivity contribution is -0.146. The van der Waals surface area contributed by atoms with Crippen molar-refractivity contribution in [3.05, 3.63) is 70.4 Å². The van der Waals surface area contributed by atoms with E-state index in [1.54, 1.807) is 0 Å². The summed E-state index contributed by atoms with van der Waals surface area (Å²) in [5.74, 6) is -0.278. The van der Waals surface area contributed by atoms with Crippen molar-refractivity contribution >= 4 is 11.8 Å². The SMILES string of the molecule is C/C=C(\C=C/C(C)N(CC)CC1=CC=C2C(=O)N(C(CC)CO)C(=O)C3=C(C)C=CCC1C23)CC(C)CCO. The molecule has 0 radical (unpaired) electrons. The monoisotopic (exact) mass is 536 g/mol. The molecule has 5 unspecified atom stereocenters. The van der Waals surface area contributed by atoms with Crippen LogP contribution in [0.5, 0.6) is 0 Å². The van der Waals surface area contributed by atoms with Crippen LogP contribution in [0.2, 0.25) is 0 Å². The lowest BCUT2D eigenvalue weighted by Gasteiger charge is -2.43. The van der Waals surface area contributed by atoms with Crippen LogP contribution in [0.15, 0.2) is 70.4 Å². The smallest absolute Gasteiger partial charge is 0.257 e. The van der Waals surface area contributed by atoms with Gasteiger partial charge in [0.2, 0.25) is 0 Å². The second kappa shape index (κ2) is 14.2. The molecule has 2 N–H and O–H groups in total. The maximum Gasteiger partial charge on any atom is 0.257 e. The van der Waals surface area contributed by atoms with E-state index in [9.17, 15) is 19.8 Å². The van der Waals surface area contributed by atoms with Crippen LogP contribution in [0.25, 0.3) is 0 Å².